The zero-order valence-electron chi connectivity index (χ0n) is 19.6. The van der Waals surface area contributed by atoms with Gasteiger partial charge in [-0.05, 0) is 51.3 Å². The van der Waals surface area contributed by atoms with Gasteiger partial charge in [0.05, 0.1) is 11.9 Å². The van der Waals surface area contributed by atoms with Crippen LogP contribution < -0.4 is 21.3 Å². The summed E-state index contributed by atoms with van der Waals surface area (Å²) in [5, 5.41) is 11.4. The molecular formula is C23H35N9. The normalized spacial score (nSPS) is 15.9. The number of piperidine rings is 1. The number of nitrogens with one attached hydrogen (secondary N) is 2. The summed E-state index contributed by atoms with van der Waals surface area (Å²) in [6.45, 7) is 8.50. The third-order valence-corrected chi connectivity index (χ3v) is 6.25. The molecule has 4 heterocycles. The Balaban J connectivity index is 1.53. The summed E-state index contributed by atoms with van der Waals surface area (Å²) in [4.78, 5) is 16.0. The van der Waals surface area contributed by atoms with E-state index in [0.717, 1.165) is 55.8 Å². The fourth-order valence-electron chi connectivity index (χ4n) is 4.50. The van der Waals surface area contributed by atoms with Crippen LogP contribution in [0.3, 0.4) is 0 Å². The van der Waals surface area contributed by atoms with Crippen molar-refractivity contribution in [3.8, 4) is 0 Å². The number of rotatable bonds is 8. The van der Waals surface area contributed by atoms with Crippen molar-refractivity contribution in [1.82, 2.24) is 29.9 Å². The van der Waals surface area contributed by atoms with Gasteiger partial charge in [0.25, 0.3) is 0 Å². The van der Waals surface area contributed by atoms with Gasteiger partial charge in [0.15, 0.2) is 11.5 Å². The Morgan fingerprint density at radius 3 is 2.69 bits per heavy atom. The van der Waals surface area contributed by atoms with Gasteiger partial charge in [0.2, 0.25) is 5.95 Å². The lowest BCUT2D eigenvalue weighted by Crippen LogP contribution is -2.41. The second kappa shape index (κ2) is 9.68. The highest BCUT2D eigenvalue weighted by Gasteiger charge is 2.20. The molecule has 9 heteroatoms. The van der Waals surface area contributed by atoms with Crippen molar-refractivity contribution in [2.45, 2.75) is 65.0 Å². The second-order valence-electron chi connectivity index (χ2n) is 8.85. The number of anilines is 3. The SMILES string of the molecule is CCCC(C)Nc1nc(N)c2ncc(Cc3cnc(N4CCC(NC)CC4)c(C)c3)n2n1. The van der Waals surface area contributed by atoms with Crippen LogP contribution in [0, 0.1) is 6.92 Å². The van der Waals surface area contributed by atoms with Crippen molar-refractivity contribution in [3.63, 3.8) is 0 Å². The van der Waals surface area contributed by atoms with Gasteiger partial charge in [-0.3, -0.25) is 0 Å². The average molecular weight is 438 g/mol. The fraction of sp³-hybridized carbons (Fsp3) is 0.565. The lowest BCUT2D eigenvalue weighted by Gasteiger charge is -2.33. The molecule has 0 saturated carbocycles. The molecule has 0 bridgehead atoms. The van der Waals surface area contributed by atoms with Gasteiger partial charge < -0.3 is 21.3 Å². The fourth-order valence-corrected chi connectivity index (χ4v) is 4.50. The van der Waals surface area contributed by atoms with Crippen LogP contribution in [0.1, 0.15) is 56.4 Å². The quantitative estimate of drug-likeness (QED) is 0.494. The molecule has 3 aromatic rings. The minimum absolute atomic E-state index is 0.279. The lowest BCUT2D eigenvalue weighted by molar-refractivity contribution is 0.440. The minimum atomic E-state index is 0.279. The Kier molecular flexibility index (Phi) is 6.74. The highest BCUT2D eigenvalue weighted by atomic mass is 15.3. The molecular weight excluding hydrogens is 402 g/mol. The van der Waals surface area contributed by atoms with E-state index in [1.54, 1.807) is 4.52 Å². The van der Waals surface area contributed by atoms with Crippen molar-refractivity contribution in [2.75, 3.05) is 36.1 Å². The molecule has 0 radical (unpaired) electrons. The van der Waals surface area contributed by atoms with E-state index in [9.17, 15) is 0 Å². The second-order valence-corrected chi connectivity index (χ2v) is 8.85. The predicted octanol–water partition coefficient (Wildman–Crippen LogP) is 2.79. The third kappa shape index (κ3) is 4.77. The van der Waals surface area contributed by atoms with Crippen LogP contribution in [0.4, 0.5) is 17.6 Å². The zero-order chi connectivity index (χ0) is 22.7. The summed E-state index contributed by atoms with van der Waals surface area (Å²) >= 11 is 0. The molecule has 1 atom stereocenters. The van der Waals surface area contributed by atoms with E-state index in [2.05, 4.69) is 57.4 Å². The molecule has 1 aliphatic rings. The first kappa shape index (κ1) is 22.3. The monoisotopic (exact) mass is 437 g/mol. The predicted molar refractivity (Wildman–Crippen MR) is 129 cm³/mol. The molecule has 32 heavy (non-hydrogen) atoms. The third-order valence-electron chi connectivity index (χ3n) is 6.25. The van der Waals surface area contributed by atoms with E-state index in [4.69, 9.17) is 10.7 Å². The van der Waals surface area contributed by atoms with Gasteiger partial charge in [-0.1, -0.05) is 19.4 Å². The molecule has 4 rings (SSSR count). The maximum atomic E-state index is 6.16. The molecule has 9 nitrogen and oxygen atoms in total. The first-order valence-electron chi connectivity index (χ1n) is 11.6. The number of nitrogen functional groups attached to an aromatic ring is 1. The summed E-state index contributed by atoms with van der Waals surface area (Å²) in [5.74, 6) is 2.00. The van der Waals surface area contributed by atoms with E-state index < -0.39 is 0 Å². The number of aromatic nitrogens is 5. The van der Waals surface area contributed by atoms with Crippen LogP contribution in [0.5, 0.6) is 0 Å². The topological polar surface area (TPSA) is 109 Å². The number of pyridine rings is 1. The van der Waals surface area contributed by atoms with Gasteiger partial charge >= 0.3 is 0 Å². The van der Waals surface area contributed by atoms with Crippen LogP contribution in [0.2, 0.25) is 0 Å². The Bertz CT molecular complexity index is 1050. The maximum Gasteiger partial charge on any atom is 0.243 e. The number of hydrogen-bond acceptors (Lipinski definition) is 8. The van der Waals surface area contributed by atoms with Crippen LogP contribution >= 0.6 is 0 Å². The Morgan fingerprint density at radius 2 is 2.00 bits per heavy atom. The van der Waals surface area contributed by atoms with E-state index in [1.165, 1.54) is 5.56 Å². The zero-order valence-corrected chi connectivity index (χ0v) is 19.6. The van der Waals surface area contributed by atoms with Crippen LogP contribution in [0.15, 0.2) is 18.5 Å². The minimum Gasteiger partial charge on any atom is -0.380 e. The number of nitrogens with two attached hydrogens (primary N) is 1. The van der Waals surface area contributed by atoms with Gasteiger partial charge in [-0.2, -0.15) is 4.98 Å². The molecule has 1 saturated heterocycles. The smallest absolute Gasteiger partial charge is 0.243 e. The summed E-state index contributed by atoms with van der Waals surface area (Å²) in [6.07, 6.45) is 8.91. The van der Waals surface area contributed by atoms with Gasteiger partial charge in [-0.15, -0.1) is 5.10 Å². The number of hydrogen-bond donors (Lipinski definition) is 3. The molecule has 1 fully saturated rings. The molecule has 0 spiro atoms. The summed E-state index contributed by atoms with van der Waals surface area (Å²) in [7, 11) is 2.04. The van der Waals surface area contributed by atoms with E-state index in [0.29, 0.717) is 29.9 Å². The van der Waals surface area contributed by atoms with Gasteiger partial charge in [0, 0.05) is 37.8 Å². The standard InChI is InChI=1S/C23H35N9/c1-5-6-16(3)28-23-29-20(24)22-27-14-19(32(22)30-23)12-17-11-15(2)21(26-13-17)31-9-7-18(25-4)8-10-31/h11,13-14,16,18,25H,5-10,12H2,1-4H3,(H3,24,28,29,30). The first-order valence-corrected chi connectivity index (χ1v) is 11.6. The van der Waals surface area contributed by atoms with Crippen molar-refractivity contribution in [2.24, 2.45) is 0 Å². The van der Waals surface area contributed by atoms with Crippen molar-refractivity contribution < 1.29 is 0 Å². The van der Waals surface area contributed by atoms with E-state index in [1.807, 2.05) is 19.4 Å². The molecule has 4 N–H and O–H groups in total. The van der Waals surface area contributed by atoms with E-state index >= 15 is 0 Å². The average Bonchev–Trinajstić information content (AvgIpc) is 3.17. The van der Waals surface area contributed by atoms with Crippen molar-refractivity contribution in [3.05, 3.63) is 35.3 Å². The maximum absolute atomic E-state index is 6.16. The summed E-state index contributed by atoms with van der Waals surface area (Å²) < 4.78 is 1.80. The lowest BCUT2D eigenvalue weighted by atomic mass is 10.0. The molecule has 0 aromatic carbocycles. The molecule has 3 aromatic heterocycles. The highest BCUT2D eigenvalue weighted by Crippen LogP contribution is 2.24. The summed E-state index contributed by atoms with van der Waals surface area (Å²) in [5.41, 5.74) is 10.0. The van der Waals surface area contributed by atoms with Crippen LogP contribution in [0.25, 0.3) is 5.65 Å². The highest BCUT2D eigenvalue weighted by molar-refractivity contribution is 5.61. The van der Waals surface area contributed by atoms with Crippen molar-refractivity contribution >= 4 is 23.2 Å². The molecule has 0 amide bonds. The molecule has 1 unspecified atom stereocenters. The van der Waals surface area contributed by atoms with E-state index in [-0.39, 0.29) is 6.04 Å². The largest absolute Gasteiger partial charge is 0.380 e. The Labute approximate surface area is 189 Å². The number of fused-ring (bicyclic) bond motifs is 1. The Morgan fingerprint density at radius 1 is 1.22 bits per heavy atom. The first-order chi connectivity index (χ1) is 15.5. The number of imidazole rings is 1. The molecule has 0 aliphatic carbocycles. The van der Waals surface area contributed by atoms with Crippen LogP contribution in [-0.2, 0) is 6.42 Å². The Hall–Kier alpha value is -2.94. The van der Waals surface area contributed by atoms with Crippen molar-refractivity contribution in [1.29, 1.82) is 0 Å². The number of aryl methyl sites for hydroxylation is 1. The van der Waals surface area contributed by atoms with Crippen LogP contribution in [-0.4, -0.2) is 56.8 Å². The molecule has 1 aliphatic heterocycles. The van der Waals surface area contributed by atoms with Gasteiger partial charge in [0.1, 0.15) is 5.82 Å². The summed E-state index contributed by atoms with van der Waals surface area (Å²) in [6, 6.07) is 3.11. The molecule has 172 valence electrons. The van der Waals surface area contributed by atoms with Gasteiger partial charge in [-0.25, -0.2) is 14.5 Å². The number of nitrogens with zero attached hydrogens (tertiary/aromatic N) is 6.